The zero-order valence-corrected chi connectivity index (χ0v) is 10.8. The summed E-state index contributed by atoms with van der Waals surface area (Å²) < 4.78 is 0. The number of hydrogen-bond donors (Lipinski definition) is 3. The highest BCUT2D eigenvalue weighted by Gasteiger charge is 2.00. The number of hydrazone groups is 1. The molecule has 0 saturated carbocycles. The third-order valence-electron chi connectivity index (χ3n) is 2.91. The number of anilines is 1. The van der Waals surface area contributed by atoms with Gasteiger partial charge in [-0.1, -0.05) is 42.5 Å². The third-order valence-corrected chi connectivity index (χ3v) is 2.91. The highest BCUT2D eigenvalue weighted by molar-refractivity contribution is 5.99. The molecular weight excluding hydrogens is 270 g/mol. The van der Waals surface area contributed by atoms with Crippen LogP contribution in [0, 0.1) is 0 Å². The van der Waals surface area contributed by atoms with Crippen LogP contribution in [0.1, 0.15) is 5.56 Å². The Bertz CT molecular complexity index is 921. The van der Waals surface area contributed by atoms with Crippen LogP contribution in [-0.2, 0) is 0 Å². The van der Waals surface area contributed by atoms with Crippen LogP contribution in [0.25, 0.3) is 10.8 Å². The van der Waals surface area contributed by atoms with E-state index in [4.69, 9.17) is 0 Å². The van der Waals surface area contributed by atoms with Crippen molar-refractivity contribution in [1.82, 2.24) is 15.2 Å². The van der Waals surface area contributed by atoms with Gasteiger partial charge in [-0.15, -0.1) is 5.10 Å². The number of H-pyrrole nitrogens is 2. The lowest BCUT2D eigenvalue weighted by atomic mass is 10.1. The van der Waals surface area contributed by atoms with Crippen molar-refractivity contribution in [3.63, 3.8) is 0 Å². The molecule has 0 spiro atoms. The first-order valence-corrected chi connectivity index (χ1v) is 6.20. The van der Waals surface area contributed by atoms with Gasteiger partial charge in [0.1, 0.15) is 0 Å². The monoisotopic (exact) mass is 281 g/mol. The Labute approximate surface area is 118 Å². The van der Waals surface area contributed by atoms with Gasteiger partial charge in [-0.05, 0) is 10.8 Å². The van der Waals surface area contributed by atoms with E-state index in [-0.39, 0.29) is 5.82 Å². The summed E-state index contributed by atoms with van der Waals surface area (Å²) in [4.78, 5) is 24.3. The van der Waals surface area contributed by atoms with E-state index in [1.54, 1.807) is 6.21 Å². The van der Waals surface area contributed by atoms with Crippen molar-refractivity contribution in [1.29, 1.82) is 0 Å². The van der Waals surface area contributed by atoms with Crippen molar-refractivity contribution in [2.24, 2.45) is 5.10 Å². The van der Waals surface area contributed by atoms with Crippen molar-refractivity contribution in [2.45, 2.75) is 0 Å². The summed E-state index contributed by atoms with van der Waals surface area (Å²) in [6.45, 7) is 0. The smallest absolute Gasteiger partial charge is 0.270 e. The molecule has 0 unspecified atom stereocenters. The molecule has 104 valence electrons. The van der Waals surface area contributed by atoms with Crippen LogP contribution < -0.4 is 16.7 Å². The van der Waals surface area contributed by atoms with Gasteiger partial charge >= 0.3 is 5.69 Å². The van der Waals surface area contributed by atoms with Gasteiger partial charge in [0.2, 0.25) is 5.82 Å². The van der Waals surface area contributed by atoms with E-state index in [0.717, 1.165) is 16.3 Å². The van der Waals surface area contributed by atoms with E-state index in [2.05, 4.69) is 25.7 Å². The normalized spacial score (nSPS) is 11.0. The first-order chi connectivity index (χ1) is 10.2. The van der Waals surface area contributed by atoms with Gasteiger partial charge in [0.15, 0.2) is 0 Å². The van der Waals surface area contributed by atoms with E-state index >= 15 is 0 Å². The van der Waals surface area contributed by atoms with Gasteiger partial charge in [-0.3, -0.25) is 15.2 Å². The molecule has 3 rings (SSSR count). The van der Waals surface area contributed by atoms with Crippen molar-refractivity contribution in [2.75, 3.05) is 5.43 Å². The number of nitrogens with zero attached hydrogens (tertiary/aromatic N) is 2. The predicted molar refractivity (Wildman–Crippen MR) is 80.6 cm³/mol. The van der Waals surface area contributed by atoms with Crippen molar-refractivity contribution < 1.29 is 0 Å². The minimum Gasteiger partial charge on any atom is -0.270 e. The lowest BCUT2D eigenvalue weighted by Gasteiger charge is -2.01. The molecule has 0 aliphatic heterocycles. The fourth-order valence-electron chi connectivity index (χ4n) is 1.95. The standard InChI is InChI=1S/C14H11N5O2/c20-13-12(18-19-14(21)16-13)17-15-8-10-6-3-5-9-4-1-2-7-11(9)10/h1-8H,(H,17,18)(H2,16,19,20,21)/b15-8+. The summed E-state index contributed by atoms with van der Waals surface area (Å²) in [5, 5.41) is 11.8. The van der Waals surface area contributed by atoms with Gasteiger partial charge in [-0.25, -0.2) is 9.89 Å². The number of fused-ring (bicyclic) bond motifs is 1. The zero-order chi connectivity index (χ0) is 14.7. The maximum atomic E-state index is 11.4. The second-order valence-corrected chi connectivity index (χ2v) is 4.29. The zero-order valence-electron chi connectivity index (χ0n) is 10.8. The topological polar surface area (TPSA) is 103 Å². The molecule has 1 aromatic heterocycles. The Hall–Kier alpha value is -3.22. The molecule has 0 aliphatic rings. The van der Waals surface area contributed by atoms with Crippen LogP contribution >= 0.6 is 0 Å². The number of hydrogen-bond acceptors (Lipinski definition) is 5. The lowest BCUT2D eigenvalue weighted by molar-refractivity contribution is 0.890. The van der Waals surface area contributed by atoms with E-state index in [1.807, 2.05) is 42.5 Å². The van der Waals surface area contributed by atoms with E-state index < -0.39 is 11.2 Å². The van der Waals surface area contributed by atoms with E-state index in [9.17, 15) is 9.59 Å². The second kappa shape index (κ2) is 5.41. The average Bonchev–Trinajstić information content (AvgIpc) is 2.50. The first kappa shape index (κ1) is 12.8. The summed E-state index contributed by atoms with van der Waals surface area (Å²) in [6, 6.07) is 13.8. The Morgan fingerprint density at radius 1 is 1.10 bits per heavy atom. The van der Waals surface area contributed by atoms with Crippen LogP contribution in [0.4, 0.5) is 5.82 Å². The molecule has 3 N–H and O–H groups in total. The maximum absolute atomic E-state index is 11.4. The molecule has 0 bridgehead atoms. The predicted octanol–water partition coefficient (Wildman–Crippen LogP) is 1.06. The third kappa shape index (κ3) is 2.71. The Kier molecular flexibility index (Phi) is 3.30. The number of aromatic amines is 2. The van der Waals surface area contributed by atoms with Crippen LogP contribution in [0.3, 0.4) is 0 Å². The highest BCUT2D eigenvalue weighted by atomic mass is 16.2. The molecule has 2 aromatic carbocycles. The first-order valence-electron chi connectivity index (χ1n) is 6.20. The van der Waals surface area contributed by atoms with Gasteiger partial charge in [0.05, 0.1) is 6.21 Å². The van der Waals surface area contributed by atoms with Crippen LogP contribution in [-0.4, -0.2) is 21.4 Å². The summed E-state index contributed by atoms with van der Waals surface area (Å²) in [7, 11) is 0. The Morgan fingerprint density at radius 2 is 1.90 bits per heavy atom. The summed E-state index contributed by atoms with van der Waals surface area (Å²) in [6.07, 6.45) is 1.59. The molecule has 0 fully saturated rings. The highest BCUT2D eigenvalue weighted by Crippen LogP contribution is 2.16. The van der Waals surface area contributed by atoms with Crippen molar-refractivity contribution >= 4 is 22.8 Å². The number of benzene rings is 2. The van der Waals surface area contributed by atoms with E-state index in [0.29, 0.717) is 0 Å². The second-order valence-electron chi connectivity index (χ2n) is 4.29. The van der Waals surface area contributed by atoms with Crippen LogP contribution in [0.5, 0.6) is 0 Å². The maximum Gasteiger partial charge on any atom is 0.342 e. The quantitative estimate of drug-likeness (QED) is 0.493. The molecular formula is C14H11N5O2. The van der Waals surface area contributed by atoms with Crippen LogP contribution in [0.2, 0.25) is 0 Å². The number of aromatic nitrogens is 3. The summed E-state index contributed by atoms with van der Waals surface area (Å²) in [5.74, 6) is -0.0777. The molecule has 0 saturated heterocycles. The van der Waals surface area contributed by atoms with Gasteiger partial charge < -0.3 is 0 Å². The number of nitrogens with one attached hydrogen (secondary N) is 3. The minimum atomic E-state index is -0.663. The lowest BCUT2D eigenvalue weighted by Crippen LogP contribution is -2.25. The largest absolute Gasteiger partial charge is 0.342 e. The van der Waals surface area contributed by atoms with E-state index in [1.165, 1.54) is 0 Å². The van der Waals surface area contributed by atoms with Crippen molar-refractivity contribution in [3.05, 3.63) is 68.9 Å². The SMILES string of the molecule is O=c1[nH]nc(N/N=C/c2cccc3ccccc23)c(=O)[nH]1. The number of rotatable bonds is 3. The molecule has 0 atom stereocenters. The fraction of sp³-hybridized carbons (Fsp3) is 0. The van der Waals surface area contributed by atoms with Gasteiger partial charge in [0.25, 0.3) is 5.56 Å². The molecule has 1 heterocycles. The molecule has 0 aliphatic carbocycles. The average molecular weight is 281 g/mol. The van der Waals surface area contributed by atoms with Gasteiger partial charge in [-0.2, -0.15) is 5.10 Å². The van der Waals surface area contributed by atoms with Gasteiger partial charge in [0, 0.05) is 5.56 Å². The summed E-state index contributed by atoms with van der Waals surface area (Å²) in [5.41, 5.74) is 2.11. The molecule has 21 heavy (non-hydrogen) atoms. The fourth-order valence-corrected chi connectivity index (χ4v) is 1.95. The molecule has 7 heteroatoms. The van der Waals surface area contributed by atoms with Crippen LogP contribution in [0.15, 0.2) is 57.2 Å². The minimum absolute atomic E-state index is 0.0777. The summed E-state index contributed by atoms with van der Waals surface area (Å²) >= 11 is 0. The molecule has 0 radical (unpaired) electrons. The Balaban J connectivity index is 1.88. The molecule has 3 aromatic rings. The molecule has 7 nitrogen and oxygen atoms in total. The molecule has 0 amide bonds. The Morgan fingerprint density at radius 3 is 2.76 bits per heavy atom. The van der Waals surface area contributed by atoms with Crippen molar-refractivity contribution in [3.8, 4) is 0 Å².